The van der Waals surface area contributed by atoms with Gasteiger partial charge in [-0.15, -0.1) is 0 Å². The number of anilines is 1. The Balaban J connectivity index is 1.83. The SMILES string of the molecule is Cc1ccc(COc2ccc(Br)cc2/C=C(\C#N)C(=O)Nc2ccc(C)cc2C)cc1. The molecule has 0 aliphatic heterocycles. The lowest BCUT2D eigenvalue weighted by Crippen LogP contribution is -2.14. The average molecular weight is 475 g/mol. The second kappa shape index (κ2) is 10.1. The Morgan fingerprint density at radius 1 is 1.03 bits per heavy atom. The Labute approximate surface area is 191 Å². The molecule has 0 radical (unpaired) electrons. The fourth-order valence-corrected chi connectivity index (χ4v) is 3.44. The first-order chi connectivity index (χ1) is 14.9. The van der Waals surface area contributed by atoms with Gasteiger partial charge in [-0.1, -0.05) is 63.5 Å². The number of amides is 1. The van der Waals surface area contributed by atoms with Crippen molar-refractivity contribution in [1.29, 1.82) is 5.26 Å². The maximum atomic E-state index is 12.7. The van der Waals surface area contributed by atoms with Crippen LogP contribution in [0.3, 0.4) is 0 Å². The second-order valence-corrected chi connectivity index (χ2v) is 8.31. The summed E-state index contributed by atoms with van der Waals surface area (Å²) in [4.78, 5) is 12.7. The highest BCUT2D eigenvalue weighted by molar-refractivity contribution is 9.10. The average Bonchev–Trinajstić information content (AvgIpc) is 2.74. The summed E-state index contributed by atoms with van der Waals surface area (Å²) in [6.07, 6.45) is 1.55. The topological polar surface area (TPSA) is 62.1 Å². The molecule has 0 bridgehead atoms. The highest BCUT2D eigenvalue weighted by Gasteiger charge is 2.13. The number of rotatable bonds is 6. The first kappa shape index (κ1) is 22.3. The van der Waals surface area contributed by atoms with Gasteiger partial charge in [-0.3, -0.25) is 4.79 Å². The predicted molar refractivity (Wildman–Crippen MR) is 128 cm³/mol. The van der Waals surface area contributed by atoms with E-state index in [-0.39, 0.29) is 5.57 Å². The fourth-order valence-electron chi connectivity index (χ4n) is 3.06. The number of hydrogen-bond donors (Lipinski definition) is 1. The number of nitriles is 1. The molecule has 5 heteroatoms. The molecule has 1 N–H and O–H groups in total. The van der Waals surface area contributed by atoms with Crippen LogP contribution in [0.15, 0.2) is 70.7 Å². The van der Waals surface area contributed by atoms with E-state index in [1.807, 2.05) is 87.5 Å². The standard InChI is InChI=1S/C26H23BrN2O2/c1-17-4-7-20(8-5-17)16-31-25-11-9-23(27)14-21(25)13-22(15-28)26(30)29-24-10-6-18(2)12-19(24)3/h4-14H,16H2,1-3H3,(H,29,30)/b22-13+. The van der Waals surface area contributed by atoms with Gasteiger partial charge in [0.1, 0.15) is 24.0 Å². The summed E-state index contributed by atoms with van der Waals surface area (Å²) < 4.78 is 6.81. The van der Waals surface area contributed by atoms with E-state index in [1.165, 1.54) is 5.56 Å². The molecular weight excluding hydrogens is 452 g/mol. The van der Waals surface area contributed by atoms with Gasteiger partial charge in [-0.25, -0.2) is 0 Å². The highest BCUT2D eigenvalue weighted by Crippen LogP contribution is 2.27. The number of hydrogen-bond acceptors (Lipinski definition) is 3. The zero-order valence-electron chi connectivity index (χ0n) is 17.7. The zero-order valence-corrected chi connectivity index (χ0v) is 19.3. The van der Waals surface area contributed by atoms with Gasteiger partial charge < -0.3 is 10.1 Å². The number of nitrogens with zero attached hydrogens (tertiary/aromatic N) is 1. The van der Waals surface area contributed by atoms with E-state index >= 15 is 0 Å². The number of halogens is 1. The molecule has 0 aliphatic rings. The summed E-state index contributed by atoms with van der Waals surface area (Å²) >= 11 is 3.45. The normalized spacial score (nSPS) is 11.0. The molecule has 0 saturated carbocycles. The molecule has 0 saturated heterocycles. The van der Waals surface area contributed by atoms with Gasteiger partial charge in [-0.2, -0.15) is 5.26 Å². The third kappa shape index (κ3) is 6.07. The van der Waals surface area contributed by atoms with E-state index in [2.05, 4.69) is 21.2 Å². The first-order valence-corrected chi connectivity index (χ1v) is 10.6. The lowest BCUT2D eigenvalue weighted by atomic mass is 10.1. The van der Waals surface area contributed by atoms with Gasteiger partial charge in [0.05, 0.1) is 0 Å². The van der Waals surface area contributed by atoms with Crippen LogP contribution in [-0.4, -0.2) is 5.91 Å². The molecule has 3 aromatic carbocycles. The molecule has 0 fully saturated rings. The van der Waals surface area contributed by atoms with Crippen molar-refractivity contribution in [1.82, 2.24) is 0 Å². The molecular formula is C26H23BrN2O2. The van der Waals surface area contributed by atoms with Crippen molar-refractivity contribution < 1.29 is 9.53 Å². The van der Waals surface area contributed by atoms with E-state index < -0.39 is 5.91 Å². The van der Waals surface area contributed by atoms with E-state index in [4.69, 9.17) is 4.74 Å². The number of benzene rings is 3. The largest absolute Gasteiger partial charge is 0.488 e. The number of carbonyl (C=O) groups excluding carboxylic acids is 1. The summed E-state index contributed by atoms with van der Waals surface area (Å²) in [5, 5.41) is 12.4. The summed E-state index contributed by atoms with van der Waals surface area (Å²) in [6.45, 7) is 6.34. The number of carbonyl (C=O) groups is 1. The van der Waals surface area contributed by atoms with Gasteiger partial charge in [-0.05, 0) is 62.2 Å². The minimum absolute atomic E-state index is 0.00161. The molecule has 0 spiro atoms. The monoisotopic (exact) mass is 474 g/mol. The highest BCUT2D eigenvalue weighted by atomic mass is 79.9. The lowest BCUT2D eigenvalue weighted by Gasteiger charge is -2.11. The van der Waals surface area contributed by atoms with Crippen LogP contribution in [0.2, 0.25) is 0 Å². The third-order valence-corrected chi connectivity index (χ3v) is 5.28. The van der Waals surface area contributed by atoms with Gasteiger partial charge in [0.2, 0.25) is 0 Å². The smallest absolute Gasteiger partial charge is 0.266 e. The maximum absolute atomic E-state index is 12.7. The van der Waals surface area contributed by atoms with E-state index in [0.717, 1.165) is 21.2 Å². The Kier molecular flexibility index (Phi) is 7.28. The Bertz CT molecular complexity index is 1180. The van der Waals surface area contributed by atoms with Crippen LogP contribution in [0.25, 0.3) is 6.08 Å². The molecule has 0 unspecified atom stereocenters. The predicted octanol–water partition coefficient (Wildman–Crippen LogP) is 6.50. The Hall–Kier alpha value is -3.36. The number of aryl methyl sites for hydroxylation is 3. The van der Waals surface area contributed by atoms with Gasteiger partial charge in [0.25, 0.3) is 5.91 Å². The summed E-state index contributed by atoms with van der Waals surface area (Å²) in [5.74, 6) is 0.134. The quantitative estimate of drug-likeness (QED) is 0.327. The molecule has 1 amide bonds. The summed E-state index contributed by atoms with van der Waals surface area (Å²) in [6, 6.07) is 21.4. The molecule has 4 nitrogen and oxygen atoms in total. The van der Waals surface area contributed by atoms with Crippen LogP contribution in [0.1, 0.15) is 27.8 Å². The lowest BCUT2D eigenvalue weighted by molar-refractivity contribution is -0.112. The molecule has 0 heterocycles. The van der Waals surface area contributed by atoms with Gasteiger partial charge in [0.15, 0.2) is 0 Å². The van der Waals surface area contributed by atoms with Gasteiger partial charge in [0, 0.05) is 15.7 Å². The van der Waals surface area contributed by atoms with Crippen molar-refractivity contribution in [3.63, 3.8) is 0 Å². The summed E-state index contributed by atoms with van der Waals surface area (Å²) in [5.41, 5.74) is 5.60. The van der Waals surface area contributed by atoms with Crippen LogP contribution >= 0.6 is 15.9 Å². The van der Waals surface area contributed by atoms with Crippen molar-refractivity contribution in [3.8, 4) is 11.8 Å². The van der Waals surface area contributed by atoms with Crippen molar-refractivity contribution in [2.75, 3.05) is 5.32 Å². The van der Waals surface area contributed by atoms with E-state index in [9.17, 15) is 10.1 Å². The molecule has 0 aliphatic carbocycles. The van der Waals surface area contributed by atoms with Crippen LogP contribution in [-0.2, 0) is 11.4 Å². The minimum atomic E-state index is -0.459. The van der Waals surface area contributed by atoms with E-state index in [1.54, 1.807) is 6.08 Å². The number of ether oxygens (including phenoxy) is 1. The second-order valence-electron chi connectivity index (χ2n) is 7.40. The molecule has 0 aromatic heterocycles. The number of nitrogens with one attached hydrogen (secondary N) is 1. The van der Waals surface area contributed by atoms with Crippen LogP contribution in [0, 0.1) is 32.1 Å². The maximum Gasteiger partial charge on any atom is 0.266 e. The molecule has 0 atom stereocenters. The summed E-state index contributed by atoms with van der Waals surface area (Å²) in [7, 11) is 0. The van der Waals surface area contributed by atoms with Crippen LogP contribution in [0.5, 0.6) is 5.75 Å². The van der Waals surface area contributed by atoms with Crippen molar-refractivity contribution in [2.45, 2.75) is 27.4 Å². The van der Waals surface area contributed by atoms with Crippen LogP contribution in [0.4, 0.5) is 5.69 Å². The molecule has 156 valence electrons. The molecule has 3 rings (SSSR count). The third-order valence-electron chi connectivity index (χ3n) is 4.78. The van der Waals surface area contributed by atoms with Crippen LogP contribution < -0.4 is 10.1 Å². The molecule has 31 heavy (non-hydrogen) atoms. The molecule has 3 aromatic rings. The van der Waals surface area contributed by atoms with Crippen molar-refractivity contribution in [3.05, 3.63) is 98.5 Å². The first-order valence-electron chi connectivity index (χ1n) is 9.84. The Morgan fingerprint density at radius 3 is 2.42 bits per heavy atom. The Morgan fingerprint density at radius 2 is 1.74 bits per heavy atom. The van der Waals surface area contributed by atoms with Gasteiger partial charge >= 0.3 is 0 Å². The van der Waals surface area contributed by atoms with Crippen molar-refractivity contribution >= 4 is 33.6 Å². The fraction of sp³-hybridized carbons (Fsp3) is 0.154. The van der Waals surface area contributed by atoms with Crippen molar-refractivity contribution in [2.24, 2.45) is 0 Å². The van der Waals surface area contributed by atoms with E-state index in [0.29, 0.717) is 23.6 Å². The zero-order chi connectivity index (χ0) is 22.4. The minimum Gasteiger partial charge on any atom is -0.488 e.